The van der Waals surface area contributed by atoms with Crippen molar-refractivity contribution in [1.82, 2.24) is 0 Å². The van der Waals surface area contributed by atoms with Crippen molar-refractivity contribution in [2.24, 2.45) is 11.7 Å². The summed E-state index contributed by atoms with van der Waals surface area (Å²) in [5, 5.41) is 0.338. The fourth-order valence-electron chi connectivity index (χ4n) is 3.30. The van der Waals surface area contributed by atoms with E-state index in [0.717, 1.165) is 35.3 Å². The molecule has 0 spiro atoms. The summed E-state index contributed by atoms with van der Waals surface area (Å²) in [4.78, 5) is 13.2. The van der Waals surface area contributed by atoms with Crippen LogP contribution in [0.4, 0.5) is 5.00 Å². The standard InChI is InChI=1S/C19H24N2O3S2/c1-11(2)13-5-7-14(8-6-13)26(23,24)21-19-17(18(20)22)15-9-4-12(3)10-16(15)25-19/h5-8,11-12,21H,4,9-10H2,1-3H3,(H2,20,22)/t12-/m1/s1. The quantitative estimate of drug-likeness (QED) is 0.809. The lowest BCUT2D eigenvalue weighted by atomic mass is 9.88. The Bertz CT molecular complexity index is 928. The lowest BCUT2D eigenvalue weighted by Gasteiger charge is -2.18. The molecule has 140 valence electrons. The summed E-state index contributed by atoms with van der Waals surface area (Å²) >= 11 is 1.33. The Kier molecular flexibility index (Phi) is 5.12. The van der Waals surface area contributed by atoms with Gasteiger partial charge in [0.25, 0.3) is 15.9 Å². The molecule has 1 aromatic carbocycles. The fraction of sp³-hybridized carbons (Fsp3) is 0.421. The average molecular weight is 393 g/mol. The molecule has 0 bridgehead atoms. The molecule has 0 radical (unpaired) electrons. The predicted molar refractivity (Wildman–Crippen MR) is 105 cm³/mol. The molecule has 3 N–H and O–H groups in total. The number of amides is 1. The molecular weight excluding hydrogens is 368 g/mol. The first-order valence-corrected chi connectivity index (χ1v) is 11.1. The van der Waals surface area contributed by atoms with Crippen molar-refractivity contribution in [2.75, 3.05) is 4.72 Å². The Morgan fingerprint density at radius 2 is 1.92 bits per heavy atom. The molecule has 7 heteroatoms. The highest BCUT2D eigenvalue weighted by Gasteiger charge is 2.28. The van der Waals surface area contributed by atoms with Crippen molar-refractivity contribution >= 4 is 32.3 Å². The first-order chi connectivity index (χ1) is 12.2. The van der Waals surface area contributed by atoms with Gasteiger partial charge in [0, 0.05) is 4.88 Å². The fourth-order valence-corrected chi connectivity index (χ4v) is 6.02. The molecule has 0 unspecified atom stereocenters. The second-order valence-electron chi connectivity index (χ2n) is 7.25. The van der Waals surface area contributed by atoms with Crippen molar-refractivity contribution in [2.45, 2.75) is 50.8 Å². The first kappa shape index (κ1) is 18.9. The van der Waals surface area contributed by atoms with E-state index in [-0.39, 0.29) is 4.90 Å². The summed E-state index contributed by atoms with van der Waals surface area (Å²) in [5.41, 5.74) is 7.88. The number of nitrogens with two attached hydrogens (primary N) is 1. The van der Waals surface area contributed by atoms with Gasteiger partial charge in [-0.1, -0.05) is 32.9 Å². The minimum atomic E-state index is -3.77. The summed E-state index contributed by atoms with van der Waals surface area (Å²) in [7, 11) is -3.77. The molecule has 0 fully saturated rings. The number of primary amides is 1. The molecule has 1 aromatic heterocycles. The molecule has 0 saturated heterocycles. The Morgan fingerprint density at radius 1 is 1.27 bits per heavy atom. The molecule has 0 aliphatic heterocycles. The maximum absolute atomic E-state index is 12.8. The summed E-state index contributed by atoms with van der Waals surface area (Å²) in [5.74, 6) is 0.270. The highest BCUT2D eigenvalue weighted by molar-refractivity contribution is 7.93. The van der Waals surface area contributed by atoms with Crippen molar-refractivity contribution in [3.8, 4) is 0 Å². The minimum Gasteiger partial charge on any atom is -0.365 e. The number of anilines is 1. The number of carbonyl (C=O) groups excluding carboxylic acids is 1. The molecule has 2 aromatic rings. The molecular formula is C19H24N2O3S2. The second-order valence-corrected chi connectivity index (χ2v) is 10.0. The van der Waals surface area contributed by atoms with E-state index in [1.54, 1.807) is 12.1 Å². The number of nitrogens with one attached hydrogen (secondary N) is 1. The van der Waals surface area contributed by atoms with Crippen LogP contribution in [0.25, 0.3) is 0 Å². The maximum Gasteiger partial charge on any atom is 0.262 e. The Hall–Kier alpha value is -1.86. The van der Waals surface area contributed by atoms with E-state index in [9.17, 15) is 13.2 Å². The van der Waals surface area contributed by atoms with Crippen molar-refractivity contribution in [3.63, 3.8) is 0 Å². The van der Waals surface area contributed by atoms with Crippen molar-refractivity contribution in [3.05, 3.63) is 45.8 Å². The van der Waals surface area contributed by atoms with Crippen LogP contribution in [-0.2, 0) is 22.9 Å². The number of fused-ring (bicyclic) bond motifs is 1. The van der Waals surface area contributed by atoms with E-state index in [1.165, 1.54) is 11.3 Å². The monoisotopic (exact) mass is 392 g/mol. The van der Waals surface area contributed by atoms with Gasteiger partial charge < -0.3 is 5.73 Å². The van der Waals surface area contributed by atoms with Gasteiger partial charge in [0.15, 0.2) is 0 Å². The van der Waals surface area contributed by atoms with Crippen LogP contribution in [0, 0.1) is 5.92 Å². The van der Waals surface area contributed by atoms with E-state index in [2.05, 4.69) is 25.5 Å². The third kappa shape index (κ3) is 3.64. The molecule has 3 rings (SSSR count). The van der Waals surface area contributed by atoms with Gasteiger partial charge in [-0.25, -0.2) is 8.42 Å². The topological polar surface area (TPSA) is 89.3 Å². The van der Waals surface area contributed by atoms with Crippen LogP contribution in [0.5, 0.6) is 0 Å². The van der Waals surface area contributed by atoms with Crippen LogP contribution in [0.2, 0.25) is 0 Å². The third-order valence-electron chi connectivity index (χ3n) is 4.84. The summed E-state index contributed by atoms with van der Waals surface area (Å²) < 4.78 is 28.2. The zero-order chi connectivity index (χ0) is 19.1. The minimum absolute atomic E-state index is 0.178. The highest BCUT2D eigenvalue weighted by Crippen LogP contribution is 2.40. The zero-order valence-electron chi connectivity index (χ0n) is 15.2. The van der Waals surface area contributed by atoms with Crippen LogP contribution < -0.4 is 10.5 Å². The zero-order valence-corrected chi connectivity index (χ0v) is 16.8. The molecule has 1 heterocycles. The van der Waals surface area contributed by atoms with Crippen molar-refractivity contribution < 1.29 is 13.2 Å². The molecule has 26 heavy (non-hydrogen) atoms. The van der Waals surface area contributed by atoms with Gasteiger partial charge in [0.05, 0.1) is 10.5 Å². The van der Waals surface area contributed by atoms with Crippen LogP contribution >= 0.6 is 11.3 Å². The van der Waals surface area contributed by atoms with Crippen LogP contribution in [-0.4, -0.2) is 14.3 Å². The Labute approximate surface area is 158 Å². The van der Waals surface area contributed by atoms with Gasteiger partial charge in [-0.2, -0.15) is 0 Å². The SMILES string of the molecule is CC(C)c1ccc(S(=O)(=O)Nc2sc3c(c2C(N)=O)CC[C@@H](C)C3)cc1. The number of carbonyl (C=O) groups is 1. The Balaban J connectivity index is 1.96. The van der Waals surface area contributed by atoms with E-state index in [0.29, 0.717) is 22.4 Å². The third-order valence-corrected chi connectivity index (χ3v) is 7.51. The summed E-state index contributed by atoms with van der Waals surface area (Å²) in [6.07, 6.45) is 2.59. The lowest BCUT2D eigenvalue weighted by molar-refractivity contribution is 0.100. The van der Waals surface area contributed by atoms with E-state index in [4.69, 9.17) is 5.73 Å². The average Bonchev–Trinajstić information content (AvgIpc) is 2.91. The molecule has 1 aliphatic carbocycles. The number of hydrogen-bond acceptors (Lipinski definition) is 4. The van der Waals surface area contributed by atoms with Crippen LogP contribution in [0.1, 0.15) is 59.5 Å². The number of thiophene rings is 1. The van der Waals surface area contributed by atoms with Gasteiger partial charge in [0.2, 0.25) is 0 Å². The van der Waals surface area contributed by atoms with E-state index in [1.807, 2.05) is 12.1 Å². The second kappa shape index (κ2) is 7.04. The van der Waals surface area contributed by atoms with Gasteiger partial charge >= 0.3 is 0 Å². The maximum atomic E-state index is 12.8. The Morgan fingerprint density at radius 3 is 2.50 bits per heavy atom. The highest BCUT2D eigenvalue weighted by atomic mass is 32.2. The van der Waals surface area contributed by atoms with E-state index < -0.39 is 15.9 Å². The number of rotatable bonds is 5. The van der Waals surface area contributed by atoms with Gasteiger partial charge in [-0.15, -0.1) is 11.3 Å². The van der Waals surface area contributed by atoms with Crippen LogP contribution in [0.3, 0.4) is 0 Å². The van der Waals surface area contributed by atoms with Gasteiger partial charge in [-0.05, 0) is 54.4 Å². The van der Waals surface area contributed by atoms with Gasteiger partial charge in [-0.3, -0.25) is 9.52 Å². The number of hydrogen-bond donors (Lipinski definition) is 2. The molecule has 0 saturated carbocycles. The first-order valence-electron chi connectivity index (χ1n) is 8.76. The number of sulfonamides is 1. The lowest BCUT2D eigenvalue weighted by Crippen LogP contribution is -2.19. The normalized spacial score (nSPS) is 17.2. The molecule has 1 aliphatic rings. The predicted octanol–water partition coefficient (Wildman–Crippen LogP) is 3.90. The van der Waals surface area contributed by atoms with Gasteiger partial charge in [0.1, 0.15) is 5.00 Å². The molecule has 1 amide bonds. The number of benzene rings is 1. The smallest absolute Gasteiger partial charge is 0.262 e. The van der Waals surface area contributed by atoms with E-state index >= 15 is 0 Å². The molecule has 5 nitrogen and oxygen atoms in total. The molecule has 1 atom stereocenters. The van der Waals surface area contributed by atoms with Crippen molar-refractivity contribution in [1.29, 1.82) is 0 Å². The summed E-state index contributed by atoms with van der Waals surface area (Å²) in [6.45, 7) is 6.27. The largest absolute Gasteiger partial charge is 0.365 e. The van der Waals surface area contributed by atoms with Crippen LogP contribution in [0.15, 0.2) is 29.2 Å². The summed E-state index contributed by atoms with van der Waals surface area (Å²) in [6, 6.07) is 6.82.